The number of carbonyl (C=O) groups is 1. The summed E-state index contributed by atoms with van der Waals surface area (Å²) in [4.78, 5) is 12.6. The molecular formula is C31H38O4. The van der Waals surface area contributed by atoms with Crippen molar-refractivity contribution < 1.29 is 19.0 Å². The molecule has 0 aliphatic heterocycles. The van der Waals surface area contributed by atoms with Crippen LogP contribution in [-0.4, -0.2) is 19.2 Å². The average Bonchev–Trinajstić information content (AvgIpc) is 2.89. The van der Waals surface area contributed by atoms with Gasteiger partial charge in [0, 0.05) is 6.61 Å². The Morgan fingerprint density at radius 1 is 0.686 bits per heavy atom. The van der Waals surface area contributed by atoms with Crippen molar-refractivity contribution in [3.63, 3.8) is 0 Å². The van der Waals surface area contributed by atoms with E-state index in [4.69, 9.17) is 14.2 Å². The zero-order valence-electron chi connectivity index (χ0n) is 21.3. The fraction of sp³-hybridized carbons (Fsp3) is 0.387. The topological polar surface area (TPSA) is 44.8 Å². The Balaban J connectivity index is 1.51. The summed E-state index contributed by atoms with van der Waals surface area (Å²) in [7, 11) is 0. The molecule has 0 aliphatic rings. The third-order valence-electron chi connectivity index (χ3n) is 6.00. The molecule has 4 nitrogen and oxygen atoms in total. The standard InChI is InChI=1S/C31H38O4/c1-4-6-8-9-23-33-24(3)25-10-12-28(13-11-25)31(32)35-30-20-16-27(17-21-30)26-14-18-29(19-15-26)34-22-7-5-2/h10-21,24H,4-9,22-23H2,1-3H3. The van der Waals surface area contributed by atoms with Crippen molar-refractivity contribution in [3.8, 4) is 22.6 Å². The number of unbranched alkanes of at least 4 members (excludes halogenated alkanes) is 4. The van der Waals surface area contributed by atoms with Gasteiger partial charge in [-0.05, 0) is 72.9 Å². The fourth-order valence-corrected chi connectivity index (χ4v) is 3.73. The van der Waals surface area contributed by atoms with Crippen molar-refractivity contribution in [1.82, 2.24) is 0 Å². The van der Waals surface area contributed by atoms with Crippen LogP contribution in [0.25, 0.3) is 11.1 Å². The van der Waals surface area contributed by atoms with Crippen LogP contribution in [0.3, 0.4) is 0 Å². The maximum atomic E-state index is 12.6. The molecule has 0 saturated carbocycles. The van der Waals surface area contributed by atoms with Crippen molar-refractivity contribution in [2.24, 2.45) is 0 Å². The second-order valence-electron chi connectivity index (χ2n) is 8.84. The van der Waals surface area contributed by atoms with Crippen molar-refractivity contribution in [2.45, 2.75) is 65.4 Å². The Morgan fingerprint density at radius 3 is 1.89 bits per heavy atom. The number of rotatable bonds is 14. The number of esters is 1. The van der Waals surface area contributed by atoms with Gasteiger partial charge in [0.05, 0.1) is 18.3 Å². The normalized spacial score (nSPS) is 11.7. The summed E-state index contributed by atoms with van der Waals surface area (Å²) in [5.74, 6) is 1.03. The summed E-state index contributed by atoms with van der Waals surface area (Å²) in [5.41, 5.74) is 3.72. The molecule has 3 aromatic carbocycles. The SMILES string of the molecule is CCCCCCOC(C)c1ccc(C(=O)Oc2ccc(-c3ccc(OCCCC)cc3)cc2)cc1. The molecule has 0 spiro atoms. The average molecular weight is 475 g/mol. The lowest BCUT2D eigenvalue weighted by Gasteiger charge is -2.14. The molecule has 0 saturated heterocycles. The van der Waals surface area contributed by atoms with E-state index in [1.165, 1.54) is 19.3 Å². The van der Waals surface area contributed by atoms with Gasteiger partial charge in [0.25, 0.3) is 0 Å². The molecule has 0 heterocycles. The van der Waals surface area contributed by atoms with E-state index >= 15 is 0 Å². The number of benzene rings is 3. The van der Waals surface area contributed by atoms with Crippen LogP contribution in [0.1, 0.15) is 81.3 Å². The minimum atomic E-state index is -0.369. The predicted octanol–water partition coefficient (Wildman–Crippen LogP) is 8.41. The molecule has 3 rings (SSSR count). The lowest BCUT2D eigenvalue weighted by molar-refractivity contribution is 0.0626. The summed E-state index contributed by atoms with van der Waals surface area (Å²) in [6.45, 7) is 7.90. The zero-order valence-corrected chi connectivity index (χ0v) is 21.3. The van der Waals surface area contributed by atoms with Crippen LogP contribution in [0.2, 0.25) is 0 Å². The summed E-state index contributed by atoms with van der Waals surface area (Å²) in [6, 6.07) is 23.1. The third-order valence-corrected chi connectivity index (χ3v) is 6.00. The Hall–Kier alpha value is -3.11. The smallest absolute Gasteiger partial charge is 0.343 e. The van der Waals surface area contributed by atoms with Gasteiger partial charge >= 0.3 is 5.97 Å². The van der Waals surface area contributed by atoms with Gasteiger partial charge in [0.1, 0.15) is 11.5 Å². The van der Waals surface area contributed by atoms with Crippen LogP contribution in [0.4, 0.5) is 0 Å². The van der Waals surface area contributed by atoms with Gasteiger partial charge in [0.2, 0.25) is 0 Å². The number of hydrogen-bond acceptors (Lipinski definition) is 4. The molecule has 186 valence electrons. The molecular weight excluding hydrogens is 436 g/mol. The van der Waals surface area contributed by atoms with Gasteiger partial charge in [-0.25, -0.2) is 4.79 Å². The maximum Gasteiger partial charge on any atom is 0.343 e. The van der Waals surface area contributed by atoms with Gasteiger partial charge in [-0.3, -0.25) is 0 Å². The Kier molecular flexibility index (Phi) is 10.8. The first-order chi connectivity index (χ1) is 17.1. The maximum absolute atomic E-state index is 12.6. The van der Waals surface area contributed by atoms with E-state index in [0.717, 1.165) is 54.9 Å². The van der Waals surface area contributed by atoms with E-state index in [1.54, 1.807) is 12.1 Å². The van der Waals surface area contributed by atoms with Gasteiger partial charge in [-0.15, -0.1) is 0 Å². The number of ether oxygens (including phenoxy) is 3. The highest BCUT2D eigenvalue weighted by atomic mass is 16.5. The van der Waals surface area contributed by atoms with Crippen molar-refractivity contribution in [3.05, 3.63) is 83.9 Å². The minimum absolute atomic E-state index is 0.00575. The molecule has 0 aliphatic carbocycles. The second-order valence-corrected chi connectivity index (χ2v) is 8.84. The van der Waals surface area contributed by atoms with Gasteiger partial charge in [0.15, 0.2) is 0 Å². The molecule has 1 unspecified atom stereocenters. The molecule has 0 N–H and O–H groups in total. The van der Waals surface area contributed by atoms with Crippen LogP contribution in [0.5, 0.6) is 11.5 Å². The van der Waals surface area contributed by atoms with Crippen LogP contribution in [0.15, 0.2) is 72.8 Å². The summed E-state index contributed by atoms with van der Waals surface area (Å²) < 4.78 is 17.2. The van der Waals surface area contributed by atoms with E-state index in [1.807, 2.05) is 67.6 Å². The first-order valence-electron chi connectivity index (χ1n) is 12.9. The van der Waals surface area contributed by atoms with Gasteiger partial charge < -0.3 is 14.2 Å². The Bertz CT molecular complexity index is 1010. The van der Waals surface area contributed by atoms with E-state index in [9.17, 15) is 4.79 Å². The third kappa shape index (κ3) is 8.56. The van der Waals surface area contributed by atoms with Gasteiger partial charge in [-0.2, -0.15) is 0 Å². The van der Waals surface area contributed by atoms with Crippen LogP contribution in [0, 0.1) is 0 Å². The Labute approximate surface area is 210 Å². The van der Waals surface area contributed by atoms with Crippen LogP contribution < -0.4 is 9.47 Å². The highest BCUT2D eigenvalue weighted by molar-refractivity contribution is 5.91. The molecule has 0 fully saturated rings. The van der Waals surface area contributed by atoms with E-state index in [-0.39, 0.29) is 12.1 Å². The van der Waals surface area contributed by atoms with E-state index < -0.39 is 0 Å². The lowest BCUT2D eigenvalue weighted by Crippen LogP contribution is -2.09. The largest absolute Gasteiger partial charge is 0.494 e. The molecule has 0 aromatic heterocycles. The minimum Gasteiger partial charge on any atom is -0.494 e. The van der Waals surface area contributed by atoms with Crippen molar-refractivity contribution >= 4 is 5.97 Å². The molecule has 0 radical (unpaired) electrons. The molecule has 4 heteroatoms. The van der Waals surface area contributed by atoms with Crippen LogP contribution in [-0.2, 0) is 4.74 Å². The van der Waals surface area contributed by atoms with Crippen LogP contribution >= 0.6 is 0 Å². The number of carbonyl (C=O) groups excluding carboxylic acids is 1. The van der Waals surface area contributed by atoms with Crippen molar-refractivity contribution in [2.75, 3.05) is 13.2 Å². The number of hydrogen-bond donors (Lipinski definition) is 0. The second kappa shape index (κ2) is 14.3. The molecule has 35 heavy (non-hydrogen) atoms. The zero-order chi connectivity index (χ0) is 24.9. The first kappa shape index (κ1) is 26.5. The van der Waals surface area contributed by atoms with E-state index in [2.05, 4.69) is 13.8 Å². The molecule has 1 atom stereocenters. The highest BCUT2D eigenvalue weighted by Crippen LogP contribution is 2.25. The fourth-order valence-electron chi connectivity index (χ4n) is 3.73. The lowest BCUT2D eigenvalue weighted by atomic mass is 10.1. The summed E-state index contributed by atoms with van der Waals surface area (Å²) >= 11 is 0. The molecule has 0 amide bonds. The summed E-state index contributed by atoms with van der Waals surface area (Å²) in [5, 5.41) is 0. The quantitative estimate of drug-likeness (QED) is 0.134. The monoisotopic (exact) mass is 474 g/mol. The first-order valence-corrected chi connectivity index (χ1v) is 12.9. The molecule has 0 bridgehead atoms. The van der Waals surface area contributed by atoms with E-state index in [0.29, 0.717) is 11.3 Å². The highest BCUT2D eigenvalue weighted by Gasteiger charge is 2.11. The van der Waals surface area contributed by atoms with Crippen molar-refractivity contribution in [1.29, 1.82) is 0 Å². The molecule has 3 aromatic rings. The van der Waals surface area contributed by atoms with Gasteiger partial charge in [-0.1, -0.05) is 75.9 Å². The Morgan fingerprint density at radius 2 is 1.29 bits per heavy atom. The predicted molar refractivity (Wildman–Crippen MR) is 142 cm³/mol. The summed E-state index contributed by atoms with van der Waals surface area (Å²) in [6.07, 6.45) is 6.94.